The van der Waals surface area contributed by atoms with Crippen molar-refractivity contribution in [2.24, 2.45) is 5.10 Å². The molecule has 0 bridgehead atoms. The number of fused-ring (bicyclic) bond motifs is 1. The molecule has 0 radical (unpaired) electrons. The van der Waals surface area contributed by atoms with E-state index in [9.17, 15) is 0 Å². The Hall–Kier alpha value is -3.58. The van der Waals surface area contributed by atoms with Gasteiger partial charge in [-0.25, -0.2) is 0 Å². The molecule has 4 aromatic rings. The summed E-state index contributed by atoms with van der Waals surface area (Å²) in [6, 6.07) is 24.8. The van der Waals surface area contributed by atoms with Crippen molar-refractivity contribution in [2.45, 2.75) is 11.6 Å². The van der Waals surface area contributed by atoms with Crippen LogP contribution >= 0.6 is 11.8 Å². The van der Waals surface area contributed by atoms with Crippen molar-refractivity contribution in [3.63, 3.8) is 0 Å². The van der Waals surface area contributed by atoms with Crippen LogP contribution in [-0.4, -0.2) is 40.6 Å². The number of benzene rings is 3. The third-order valence-electron chi connectivity index (χ3n) is 5.37. The minimum absolute atomic E-state index is 0.595. The molecule has 0 N–H and O–H groups in total. The van der Waals surface area contributed by atoms with E-state index in [1.165, 1.54) is 11.1 Å². The first-order valence-corrected chi connectivity index (χ1v) is 11.3. The lowest BCUT2D eigenvalue weighted by molar-refractivity contribution is 0.354. The second-order valence-corrected chi connectivity index (χ2v) is 8.30. The first kappa shape index (κ1) is 20.3. The standard InChI is InChI=1S/C25H22N4O2S/c1-30-22-13-8-17(14-23(22)31-2)15-24-26-27-25-29(24)28-21(16-32-25)20-11-9-19(10-12-20)18-6-4-3-5-7-18/h3-14H,15-16H2,1-2H3. The topological polar surface area (TPSA) is 61.5 Å². The molecule has 160 valence electrons. The minimum atomic E-state index is 0.595. The molecule has 5 rings (SSSR count). The van der Waals surface area contributed by atoms with Crippen LogP contribution < -0.4 is 9.47 Å². The fourth-order valence-electron chi connectivity index (χ4n) is 3.68. The largest absolute Gasteiger partial charge is 0.493 e. The second-order valence-electron chi connectivity index (χ2n) is 7.36. The summed E-state index contributed by atoms with van der Waals surface area (Å²) in [5.74, 6) is 2.95. The first-order chi connectivity index (χ1) is 15.7. The number of rotatable bonds is 6. The van der Waals surface area contributed by atoms with Crippen LogP contribution in [0, 0.1) is 0 Å². The fourth-order valence-corrected chi connectivity index (χ4v) is 4.54. The molecule has 1 aliphatic rings. The second kappa shape index (κ2) is 8.88. The molecule has 0 aliphatic carbocycles. The normalized spacial score (nSPS) is 12.8. The lowest BCUT2D eigenvalue weighted by Crippen LogP contribution is -2.14. The molecule has 7 heteroatoms. The summed E-state index contributed by atoms with van der Waals surface area (Å²) in [5, 5.41) is 14.4. The van der Waals surface area contributed by atoms with E-state index in [1.807, 2.05) is 28.9 Å². The zero-order chi connectivity index (χ0) is 21.9. The van der Waals surface area contributed by atoms with E-state index < -0.39 is 0 Å². The maximum atomic E-state index is 5.43. The Balaban J connectivity index is 1.41. The van der Waals surface area contributed by atoms with Gasteiger partial charge in [0.05, 0.1) is 19.9 Å². The highest BCUT2D eigenvalue weighted by Crippen LogP contribution is 2.30. The molecule has 0 spiro atoms. The Bertz CT molecular complexity index is 1270. The van der Waals surface area contributed by atoms with Gasteiger partial charge in [-0.3, -0.25) is 0 Å². The Morgan fingerprint density at radius 2 is 1.53 bits per heavy atom. The lowest BCUT2D eigenvalue weighted by atomic mass is 10.0. The van der Waals surface area contributed by atoms with Gasteiger partial charge in [0.25, 0.3) is 0 Å². The maximum absolute atomic E-state index is 5.43. The molecule has 0 atom stereocenters. The molecule has 0 fully saturated rings. The molecule has 0 unspecified atom stereocenters. The number of nitrogens with zero attached hydrogens (tertiary/aromatic N) is 4. The molecule has 6 nitrogen and oxygen atoms in total. The van der Waals surface area contributed by atoms with E-state index in [0.29, 0.717) is 17.9 Å². The van der Waals surface area contributed by atoms with Gasteiger partial charge < -0.3 is 9.47 Å². The number of thioether (sulfide) groups is 1. The van der Waals surface area contributed by atoms with Gasteiger partial charge in [-0.2, -0.15) is 9.78 Å². The van der Waals surface area contributed by atoms with Gasteiger partial charge >= 0.3 is 0 Å². The maximum Gasteiger partial charge on any atom is 0.212 e. The number of aromatic nitrogens is 3. The molecule has 32 heavy (non-hydrogen) atoms. The Labute approximate surface area is 190 Å². The van der Waals surface area contributed by atoms with Crippen LogP contribution in [0.2, 0.25) is 0 Å². The molecule has 0 saturated heterocycles. The Kier molecular flexibility index (Phi) is 5.64. The van der Waals surface area contributed by atoms with E-state index in [-0.39, 0.29) is 0 Å². The summed E-state index contributed by atoms with van der Waals surface area (Å²) in [7, 11) is 3.27. The molecule has 3 aromatic carbocycles. The lowest BCUT2D eigenvalue weighted by Gasteiger charge is -2.15. The Morgan fingerprint density at radius 1 is 0.812 bits per heavy atom. The smallest absolute Gasteiger partial charge is 0.212 e. The predicted molar refractivity (Wildman–Crippen MR) is 127 cm³/mol. The van der Waals surface area contributed by atoms with Gasteiger partial charge in [0.1, 0.15) is 0 Å². The van der Waals surface area contributed by atoms with E-state index >= 15 is 0 Å². The van der Waals surface area contributed by atoms with Gasteiger partial charge in [-0.05, 0) is 34.4 Å². The molecular weight excluding hydrogens is 420 g/mol. The van der Waals surface area contributed by atoms with Gasteiger partial charge in [-0.1, -0.05) is 72.4 Å². The summed E-state index contributed by atoms with van der Waals surface area (Å²) < 4.78 is 12.6. The predicted octanol–water partition coefficient (Wildman–Crippen LogP) is 4.91. The SMILES string of the molecule is COc1ccc(Cc2nnc3n2N=C(c2ccc(-c4ccccc4)cc2)CS3)cc1OC. The van der Waals surface area contributed by atoms with Crippen molar-refractivity contribution in [2.75, 3.05) is 20.0 Å². The molecule has 0 amide bonds. The molecule has 1 aromatic heterocycles. The van der Waals surface area contributed by atoms with E-state index in [0.717, 1.165) is 33.6 Å². The van der Waals surface area contributed by atoms with Crippen LogP contribution in [0.4, 0.5) is 0 Å². The average Bonchev–Trinajstić information content (AvgIpc) is 3.26. The minimum Gasteiger partial charge on any atom is -0.493 e. The molecule has 1 aliphatic heterocycles. The van der Waals surface area contributed by atoms with Crippen LogP contribution in [0.25, 0.3) is 11.1 Å². The zero-order valence-electron chi connectivity index (χ0n) is 17.9. The number of methoxy groups -OCH3 is 2. The number of ether oxygens (including phenoxy) is 2. The van der Waals surface area contributed by atoms with E-state index in [2.05, 4.69) is 58.7 Å². The van der Waals surface area contributed by atoms with Gasteiger partial charge in [0, 0.05) is 12.2 Å². The average molecular weight is 443 g/mol. The van der Waals surface area contributed by atoms with Crippen molar-refractivity contribution in [1.29, 1.82) is 0 Å². The summed E-state index contributed by atoms with van der Waals surface area (Å²) in [6.07, 6.45) is 0.595. The van der Waals surface area contributed by atoms with Gasteiger partial charge in [-0.15, -0.1) is 10.2 Å². The summed E-state index contributed by atoms with van der Waals surface area (Å²) in [4.78, 5) is 0. The van der Waals surface area contributed by atoms with Crippen LogP contribution in [0.15, 0.2) is 83.1 Å². The van der Waals surface area contributed by atoms with Crippen molar-refractivity contribution in [3.8, 4) is 22.6 Å². The van der Waals surface area contributed by atoms with E-state index in [4.69, 9.17) is 14.6 Å². The summed E-state index contributed by atoms with van der Waals surface area (Å²) in [5.41, 5.74) is 5.57. The zero-order valence-corrected chi connectivity index (χ0v) is 18.7. The molecule has 0 saturated carbocycles. The van der Waals surface area contributed by atoms with Crippen LogP contribution in [0.3, 0.4) is 0 Å². The first-order valence-electron chi connectivity index (χ1n) is 10.3. The van der Waals surface area contributed by atoms with Crippen molar-refractivity contribution >= 4 is 17.5 Å². The van der Waals surface area contributed by atoms with Gasteiger partial charge in [0.15, 0.2) is 17.3 Å². The monoisotopic (exact) mass is 442 g/mol. The van der Waals surface area contributed by atoms with Crippen molar-refractivity contribution in [3.05, 3.63) is 89.7 Å². The summed E-state index contributed by atoms with van der Waals surface area (Å²) in [6.45, 7) is 0. The van der Waals surface area contributed by atoms with E-state index in [1.54, 1.807) is 26.0 Å². The number of hydrogen-bond donors (Lipinski definition) is 0. The fraction of sp³-hybridized carbons (Fsp3) is 0.160. The molecular formula is C25H22N4O2S. The van der Waals surface area contributed by atoms with Crippen LogP contribution in [-0.2, 0) is 6.42 Å². The van der Waals surface area contributed by atoms with Crippen LogP contribution in [0.1, 0.15) is 17.0 Å². The highest BCUT2D eigenvalue weighted by atomic mass is 32.2. The number of hydrogen-bond acceptors (Lipinski definition) is 6. The third kappa shape index (κ3) is 3.99. The third-order valence-corrected chi connectivity index (χ3v) is 6.30. The summed E-state index contributed by atoms with van der Waals surface area (Å²) >= 11 is 1.65. The van der Waals surface area contributed by atoms with Crippen molar-refractivity contribution in [1.82, 2.24) is 14.9 Å². The highest BCUT2D eigenvalue weighted by Gasteiger charge is 2.20. The highest BCUT2D eigenvalue weighted by molar-refractivity contribution is 7.99. The quantitative estimate of drug-likeness (QED) is 0.425. The van der Waals surface area contributed by atoms with Crippen molar-refractivity contribution < 1.29 is 9.47 Å². The molecule has 2 heterocycles. The Morgan fingerprint density at radius 3 is 2.28 bits per heavy atom. The van der Waals surface area contributed by atoms with Gasteiger partial charge in [0.2, 0.25) is 5.16 Å². The van der Waals surface area contributed by atoms with Crippen LogP contribution in [0.5, 0.6) is 11.5 Å².